The van der Waals surface area contributed by atoms with Crippen LogP contribution >= 0.6 is 0 Å². The molecule has 3 rings (SSSR count). The van der Waals surface area contributed by atoms with E-state index in [1.807, 2.05) is 4.57 Å². The van der Waals surface area contributed by atoms with E-state index in [1.54, 1.807) is 11.9 Å². The Kier molecular flexibility index (Phi) is 6.52. The summed E-state index contributed by atoms with van der Waals surface area (Å²) in [5.41, 5.74) is 0.449. The Balaban J connectivity index is 0.00000243. The molecule has 0 fully saturated rings. The van der Waals surface area contributed by atoms with Crippen LogP contribution in [-0.2, 0) is 20.6 Å². The van der Waals surface area contributed by atoms with Gasteiger partial charge in [0.15, 0.2) is 11.2 Å². The van der Waals surface area contributed by atoms with Crippen LogP contribution in [0.5, 0.6) is 0 Å². The van der Waals surface area contributed by atoms with Crippen molar-refractivity contribution < 1.29 is 17.3 Å². The van der Waals surface area contributed by atoms with Gasteiger partial charge in [-0.2, -0.15) is 4.98 Å². The van der Waals surface area contributed by atoms with Crippen LogP contribution in [-0.4, -0.2) is 51.4 Å². The van der Waals surface area contributed by atoms with E-state index in [1.165, 1.54) is 16.2 Å². The first kappa shape index (κ1) is 20.5. The molecule has 1 aliphatic heterocycles. The molecule has 9 heteroatoms. The topological polar surface area (TPSA) is 69.5 Å². The molecule has 146 valence electrons. The van der Waals surface area contributed by atoms with E-state index in [9.17, 15) is 9.59 Å². The summed E-state index contributed by atoms with van der Waals surface area (Å²) >= 11 is 0. The molecule has 0 atom stereocenters. The van der Waals surface area contributed by atoms with Gasteiger partial charge in [0, 0.05) is 27.2 Å². The summed E-state index contributed by atoms with van der Waals surface area (Å²) < 4.78 is 4.67. The van der Waals surface area contributed by atoms with Gasteiger partial charge in [0.25, 0.3) is 5.56 Å². The monoisotopic (exact) mass is 384 g/mol. The Morgan fingerprint density at radius 3 is 2.35 bits per heavy atom. The van der Waals surface area contributed by atoms with E-state index in [-0.39, 0.29) is 23.7 Å². The van der Waals surface area contributed by atoms with Gasteiger partial charge in [-0.25, -0.2) is 4.79 Å². The zero-order valence-corrected chi connectivity index (χ0v) is 16.8. The fourth-order valence-corrected chi connectivity index (χ4v) is 3.67. The van der Waals surface area contributed by atoms with Gasteiger partial charge in [-0.15, -0.1) is 0 Å². The maximum absolute atomic E-state index is 12.7. The third kappa shape index (κ3) is 3.40. The average Bonchev–Trinajstić information content (AvgIpc) is 2.89. The molecule has 0 aliphatic carbocycles. The number of anilines is 1. The lowest BCUT2D eigenvalue weighted by Gasteiger charge is -2.24. The van der Waals surface area contributed by atoms with Gasteiger partial charge in [0.1, 0.15) is 0 Å². The Morgan fingerprint density at radius 2 is 1.69 bits per heavy atom. The number of nitrogens with zero attached hydrogens (tertiary/aromatic N) is 5. The minimum Gasteiger partial charge on any atom is -1.00 e. The summed E-state index contributed by atoms with van der Waals surface area (Å²) in [6, 6.07) is 0. The summed E-state index contributed by atoms with van der Waals surface area (Å²) in [4.78, 5) is 33.4. The smallest absolute Gasteiger partial charge is 0.332 e. The fourth-order valence-electron chi connectivity index (χ4n) is 3.67. The first-order valence-electron chi connectivity index (χ1n) is 9.24. The Morgan fingerprint density at radius 1 is 1.04 bits per heavy atom. The number of hydrogen-bond acceptors (Lipinski definition) is 4. The van der Waals surface area contributed by atoms with Crippen LogP contribution in [0.1, 0.15) is 26.7 Å². The van der Waals surface area contributed by atoms with Crippen molar-refractivity contribution in [2.24, 2.45) is 14.1 Å². The third-order valence-corrected chi connectivity index (χ3v) is 5.41. The summed E-state index contributed by atoms with van der Waals surface area (Å²) in [7, 11) is 3.21. The quantitative estimate of drug-likeness (QED) is 0.570. The van der Waals surface area contributed by atoms with Gasteiger partial charge in [0.2, 0.25) is 5.95 Å². The van der Waals surface area contributed by atoms with Crippen molar-refractivity contribution in [1.82, 2.24) is 18.7 Å². The highest BCUT2D eigenvalue weighted by Gasteiger charge is 2.24. The molecule has 0 spiro atoms. The van der Waals surface area contributed by atoms with Gasteiger partial charge < -0.3 is 26.8 Å². The first-order valence-corrected chi connectivity index (χ1v) is 9.24. The van der Waals surface area contributed by atoms with Crippen LogP contribution in [0, 0.1) is 0 Å². The van der Waals surface area contributed by atoms with Crippen LogP contribution in [0.15, 0.2) is 9.59 Å². The highest BCUT2D eigenvalue weighted by Crippen LogP contribution is 2.23. The molecule has 2 aromatic rings. The fraction of sp³-hybridized carbons (Fsp3) is 0.706. The Bertz CT molecular complexity index is 880. The van der Waals surface area contributed by atoms with E-state index >= 15 is 0 Å². The molecule has 0 bridgehead atoms. The molecule has 0 saturated carbocycles. The number of aromatic nitrogens is 4. The molecule has 0 unspecified atom stereocenters. The molecule has 26 heavy (non-hydrogen) atoms. The summed E-state index contributed by atoms with van der Waals surface area (Å²) in [5.74, 6) is 0.831. The minimum absolute atomic E-state index is 0. The van der Waals surface area contributed by atoms with Crippen LogP contribution in [0.4, 0.5) is 5.95 Å². The normalized spacial score (nSPS) is 14.4. The van der Waals surface area contributed by atoms with Crippen LogP contribution in [0.2, 0.25) is 0 Å². The summed E-state index contributed by atoms with van der Waals surface area (Å²) in [6.45, 7) is 10.3. The van der Waals surface area contributed by atoms with Crippen LogP contribution < -0.4 is 33.5 Å². The Labute approximate surface area is 159 Å². The number of likely N-dealkylation sites (N-methyl/N-ethyl adjacent to an activating group) is 1. The number of fused-ring (bicyclic) bond motifs is 3. The summed E-state index contributed by atoms with van der Waals surface area (Å²) in [5, 5.41) is 0. The van der Waals surface area contributed by atoms with Crippen LogP contribution in [0.25, 0.3) is 11.2 Å². The molecule has 2 aromatic heterocycles. The second-order valence-electron chi connectivity index (χ2n) is 6.84. The highest BCUT2D eigenvalue weighted by atomic mass is 35.5. The SMILES string of the molecule is CC[NH+](CC)CCN1CCCCn2c1nc1c2c(=O)n(C)c(=O)n1C.[Cl-]. The predicted octanol–water partition coefficient (Wildman–Crippen LogP) is -4.04. The van der Waals surface area contributed by atoms with Gasteiger partial charge in [-0.3, -0.25) is 13.9 Å². The van der Waals surface area contributed by atoms with Crippen LogP contribution in [0.3, 0.4) is 0 Å². The van der Waals surface area contributed by atoms with E-state index in [4.69, 9.17) is 4.98 Å². The molecule has 0 radical (unpaired) electrons. The lowest BCUT2D eigenvalue weighted by atomic mass is 10.3. The molecule has 0 saturated heterocycles. The average molecular weight is 385 g/mol. The second kappa shape index (κ2) is 8.26. The third-order valence-electron chi connectivity index (χ3n) is 5.41. The lowest BCUT2D eigenvalue weighted by Crippen LogP contribution is -3.12. The molecule has 1 N–H and O–H groups in total. The van der Waals surface area contributed by atoms with Crippen molar-refractivity contribution in [3.8, 4) is 0 Å². The number of halogens is 1. The number of quaternary nitrogens is 1. The molecule has 1 aliphatic rings. The molecular weight excluding hydrogens is 356 g/mol. The molecule has 3 heterocycles. The lowest BCUT2D eigenvalue weighted by molar-refractivity contribution is -0.894. The van der Waals surface area contributed by atoms with Crippen molar-refractivity contribution in [2.75, 3.05) is 37.6 Å². The van der Waals surface area contributed by atoms with E-state index in [0.717, 1.165) is 58.1 Å². The van der Waals surface area contributed by atoms with E-state index in [0.29, 0.717) is 11.2 Å². The van der Waals surface area contributed by atoms with E-state index < -0.39 is 0 Å². The minimum atomic E-state index is -0.329. The number of hydrogen-bond donors (Lipinski definition) is 1. The van der Waals surface area contributed by atoms with Gasteiger partial charge >= 0.3 is 5.69 Å². The standard InChI is InChI=1S/C17H28N6O2.ClH/c1-5-21(6-2)11-12-22-9-7-8-10-23-13-14(18-16(22)23)19(3)17(25)20(4)15(13)24;/h5-12H2,1-4H3;1H. The largest absolute Gasteiger partial charge is 1.00 e. The highest BCUT2D eigenvalue weighted by molar-refractivity contribution is 5.74. The second-order valence-corrected chi connectivity index (χ2v) is 6.84. The van der Waals surface area contributed by atoms with Gasteiger partial charge in [-0.1, -0.05) is 0 Å². The van der Waals surface area contributed by atoms with Crippen molar-refractivity contribution >= 4 is 17.1 Å². The molecule has 0 amide bonds. The molecular formula is C17H29ClN6O2. The maximum Gasteiger partial charge on any atom is 0.332 e. The Hall–Kier alpha value is -1.80. The van der Waals surface area contributed by atoms with Gasteiger partial charge in [-0.05, 0) is 26.7 Å². The zero-order chi connectivity index (χ0) is 18.1. The van der Waals surface area contributed by atoms with Crippen molar-refractivity contribution in [2.45, 2.75) is 33.2 Å². The van der Waals surface area contributed by atoms with Crippen molar-refractivity contribution in [3.05, 3.63) is 20.8 Å². The van der Waals surface area contributed by atoms with E-state index in [2.05, 4.69) is 18.7 Å². The van der Waals surface area contributed by atoms with Crippen molar-refractivity contribution in [3.63, 3.8) is 0 Å². The molecule has 8 nitrogen and oxygen atoms in total. The summed E-state index contributed by atoms with van der Waals surface area (Å²) in [6.07, 6.45) is 2.10. The number of rotatable bonds is 5. The number of imidazole rings is 1. The first-order chi connectivity index (χ1) is 12.0. The number of nitrogens with one attached hydrogen (secondary N) is 1. The zero-order valence-electron chi connectivity index (χ0n) is 16.1. The molecule has 0 aromatic carbocycles. The number of aryl methyl sites for hydroxylation is 2. The predicted molar refractivity (Wildman–Crippen MR) is 98.6 cm³/mol. The van der Waals surface area contributed by atoms with Crippen molar-refractivity contribution in [1.29, 1.82) is 0 Å². The van der Waals surface area contributed by atoms with Gasteiger partial charge in [0.05, 0.1) is 26.2 Å². The maximum atomic E-state index is 12.7.